The molecule has 0 aliphatic heterocycles. The molecule has 0 heterocycles. The molecule has 0 unspecified atom stereocenters. The van der Waals surface area contributed by atoms with E-state index in [1.54, 1.807) is 0 Å². The first-order chi connectivity index (χ1) is 9.67. The first-order valence-electron chi connectivity index (χ1n) is 6.38. The molecular weight excluding hydrogens is 318 g/mol. The molecule has 0 amide bonds. The van der Waals surface area contributed by atoms with E-state index in [1.807, 2.05) is 13.8 Å². The molecule has 9 heteroatoms. The van der Waals surface area contributed by atoms with Gasteiger partial charge in [0.05, 0.1) is 9.95 Å². The van der Waals surface area contributed by atoms with E-state index >= 15 is 0 Å². The number of nitro groups is 1. The average molecular weight is 336 g/mol. The predicted octanol–water partition coefficient (Wildman–Crippen LogP) is 2.04. The van der Waals surface area contributed by atoms with Crippen LogP contribution in [0.3, 0.4) is 0 Å². The number of sulfonamides is 1. The molecule has 0 aliphatic rings. The van der Waals surface area contributed by atoms with Crippen molar-refractivity contribution in [1.29, 1.82) is 0 Å². The first kappa shape index (κ1) is 17.8. The molecule has 1 rings (SSSR count). The van der Waals surface area contributed by atoms with Crippen LogP contribution in [0.25, 0.3) is 0 Å². The van der Waals surface area contributed by atoms with Crippen molar-refractivity contribution in [3.8, 4) is 0 Å². The second-order valence-corrected chi connectivity index (χ2v) is 6.85. The van der Waals surface area contributed by atoms with Crippen molar-refractivity contribution in [3.05, 3.63) is 33.3 Å². The number of nitrogens with one attached hydrogen (secondary N) is 1. The number of halogens is 1. The first-order valence-corrected chi connectivity index (χ1v) is 8.24. The van der Waals surface area contributed by atoms with E-state index in [9.17, 15) is 18.5 Å². The number of nitrogens with two attached hydrogens (primary N) is 1. The maximum absolute atomic E-state index is 12.3. The minimum Gasteiger partial charge on any atom is -0.324 e. The Hall–Kier alpha value is -1.22. The third-order valence-corrected chi connectivity index (χ3v) is 5.35. The van der Waals surface area contributed by atoms with Gasteiger partial charge in [0.25, 0.3) is 5.69 Å². The summed E-state index contributed by atoms with van der Waals surface area (Å²) >= 11 is 5.82. The van der Waals surface area contributed by atoms with E-state index in [4.69, 9.17) is 17.3 Å². The summed E-state index contributed by atoms with van der Waals surface area (Å²) in [5, 5.41) is 10.8. The summed E-state index contributed by atoms with van der Waals surface area (Å²) in [7, 11) is -4.12. The number of rotatable bonds is 7. The highest BCUT2D eigenvalue weighted by molar-refractivity contribution is 7.89. The van der Waals surface area contributed by atoms with Crippen LogP contribution in [0, 0.1) is 10.1 Å². The third kappa shape index (κ3) is 4.13. The quantitative estimate of drug-likeness (QED) is 0.584. The van der Waals surface area contributed by atoms with E-state index in [0.717, 1.165) is 6.07 Å². The van der Waals surface area contributed by atoms with E-state index in [2.05, 4.69) is 4.72 Å². The molecular formula is C12H18ClN3O4S. The van der Waals surface area contributed by atoms with Gasteiger partial charge in [-0.2, -0.15) is 0 Å². The lowest BCUT2D eigenvalue weighted by atomic mass is 9.95. The number of hydrogen-bond donors (Lipinski definition) is 2. The van der Waals surface area contributed by atoms with Gasteiger partial charge in [0.2, 0.25) is 10.0 Å². The molecule has 0 bridgehead atoms. The fourth-order valence-electron chi connectivity index (χ4n) is 1.72. The van der Waals surface area contributed by atoms with Crippen LogP contribution in [0.2, 0.25) is 5.02 Å². The minimum atomic E-state index is -4.12. The highest BCUT2D eigenvalue weighted by atomic mass is 35.5. The maximum Gasteiger partial charge on any atom is 0.290 e. The lowest BCUT2D eigenvalue weighted by Gasteiger charge is -2.26. The highest BCUT2D eigenvalue weighted by Gasteiger charge is 2.31. The standard InChI is InChI=1S/C12H18ClN3O4S/c1-3-12(14,4-2)8-15-21(19,20)11-9(13)6-5-7-10(11)16(17)18/h5-7,15H,3-4,8,14H2,1-2H3. The van der Waals surface area contributed by atoms with Crippen molar-refractivity contribution < 1.29 is 13.3 Å². The molecule has 0 atom stereocenters. The summed E-state index contributed by atoms with van der Waals surface area (Å²) in [5.41, 5.74) is 4.75. The third-order valence-electron chi connectivity index (χ3n) is 3.43. The Morgan fingerprint density at radius 3 is 2.43 bits per heavy atom. The van der Waals surface area contributed by atoms with Crippen LogP contribution in [-0.4, -0.2) is 25.4 Å². The molecule has 0 saturated heterocycles. The van der Waals surface area contributed by atoms with Crippen molar-refractivity contribution in [2.75, 3.05) is 6.54 Å². The van der Waals surface area contributed by atoms with Crippen molar-refractivity contribution >= 4 is 27.3 Å². The summed E-state index contributed by atoms with van der Waals surface area (Å²) in [4.78, 5) is 9.65. The van der Waals surface area contributed by atoms with Crippen molar-refractivity contribution in [3.63, 3.8) is 0 Å². The summed E-state index contributed by atoms with van der Waals surface area (Å²) < 4.78 is 26.9. The van der Waals surface area contributed by atoms with Gasteiger partial charge in [-0.05, 0) is 18.9 Å². The van der Waals surface area contributed by atoms with Gasteiger partial charge in [-0.25, -0.2) is 13.1 Å². The van der Waals surface area contributed by atoms with Crippen LogP contribution in [0.1, 0.15) is 26.7 Å². The van der Waals surface area contributed by atoms with Gasteiger partial charge < -0.3 is 5.73 Å². The summed E-state index contributed by atoms with van der Waals surface area (Å²) in [6.07, 6.45) is 1.13. The summed E-state index contributed by atoms with van der Waals surface area (Å²) in [6, 6.07) is 3.71. The molecule has 0 aliphatic carbocycles. The van der Waals surface area contributed by atoms with Crippen LogP contribution >= 0.6 is 11.6 Å². The zero-order valence-electron chi connectivity index (χ0n) is 11.8. The Bertz CT molecular complexity index is 629. The van der Waals surface area contributed by atoms with Crippen LogP contribution in [0.15, 0.2) is 23.1 Å². The van der Waals surface area contributed by atoms with Crippen LogP contribution in [-0.2, 0) is 10.0 Å². The SMILES string of the molecule is CCC(N)(CC)CNS(=O)(=O)c1c(Cl)cccc1[N+](=O)[O-]. The lowest BCUT2D eigenvalue weighted by Crippen LogP contribution is -2.49. The smallest absolute Gasteiger partial charge is 0.290 e. The Kier molecular flexibility index (Phi) is 5.68. The van der Waals surface area contributed by atoms with Gasteiger partial charge in [0.15, 0.2) is 4.90 Å². The Balaban J connectivity index is 3.18. The van der Waals surface area contributed by atoms with E-state index in [-0.39, 0.29) is 11.6 Å². The average Bonchev–Trinajstić information content (AvgIpc) is 2.44. The van der Waals surface area contributed by atoms with Gasteiger partial charge in [0, 0.05) is 18.2 Å². The van der Waals surface area contributed by atoms with Gasteiger partial charge >= 0.3 is 0 Å². The van der Waals surface area contributed by atoms with Gasteiger partial charge in [0.1, 0.15) is 0 Å². The number of nitrogens with zero attached hydrogens (tertiary/aromatic N) is 1. The topological polar surface area (TPSA) is 115 Å². The monoisotopic (exact) mass is 335 g/mol. The van der Waals surface area contributed by atoms with Crippen molar-refractivity contribution in [2.45, 2.75) is 37.1 Å². The molecule has 0 spiro atoms. The lowest BCUT2D eigenvalue weighted by molar-refractivity contribution is -0.387. The molecule has 0 aromatic heterocycles. The predicted molar refractivity (Wildman–Crippen MR) is 80.8 cm³/mol. The fraction of sp³-hybridized carbons (Fsp3) is 0.500. The zero-order chi connectivity index (χ0) is 16.3. The molecule has 1 aromatic rings. The molecule has 0 saturated carbocycles. The Morgan fingerprint density at radius 2 is 1.95 bits per heavy atom. The Morgan fingerprint density at radius 1 is 1.38 bits per heavy atom. The largest absolute Gasteiger partial charge is 0.324 e. The highest BCUT2D eigenvalue weighted by Crippen LogP contribution is 2.30. The molecule has 118 valence electrons. The second kappa shape index (κ2) is 6.69. The minimum absolute atomic E-state index is 0.0231. The van der Waals surface area contributed by atoms with Gasteiger partial charge in [-0.1, -0.05) is 31.5 Å². The molecule has 0 radical (unpaired) electrons. The molecule has 21 heavy (non-hydrogen) atoms. The molecule has 3 N–H and O–H groups in total. The Labute approximate surface area is 128 Å². The van der Waals surface area contributed by atoms with Crippen molar-refractivity contribution in [1.82, 2.24) is 4.72 Å². The van der Waals surface area contributed by atoms with Crippen LogP contribution in [0.5, 0.6) is 0 Å². The van der Waals surface area contributed by atoms with Crippen molar-refractivity contribution in [2.24, 2.45) is 5.73 Å². The normalized spacial score (nSPS) is 12.4. The molecule has 0 fully saturated rings. The fourth-order valence-corrected chi connectivity index (χ4v) is 3.56. The van der Waals surface area contributed by atoms with Crippen LogP contribution in [0.4, 0.5) is 5.69 Å². The van der Waals surface area contributed by atoms with Gasteiger partial charge in [-0.15, -0.1) is 0 Å². The van der Waals surface area contributed by atoms with Gasteiger partial charge in [-0.3, -0.25) is 10.1 Å². The summed E-state index contributed by atoms with van der Waals surface area (Å²) in [5.74, 6) is 0. The second-order valence-electron chi connectivity index (χ2n) is 4.74. The number of nitro benzene ring substituents is 1. The number of hydrogen-bond acceptors (Lipinski definition) is 5. The summed E-state index contributed by atoms with van der Waals surface area (Å²) in [6.45, 7) is 3.66. The van der Waals surface area contributed by atoms with Crippen LogP contribution < -0.4 is 10.5 Å². The zero-order valence-corrected chi connectivity index (χ0v) is 13.4. The van der Waals surface area contributed by atoms with E-state index in [0.29, 0.717) is 12.8 Å². The van der Waals surface area contributed by atoms with E-state index in [1.165, 1.54) is 12.1 Å². The van der Waals surface area contributed by atoms with E-state index < -0.39 is 31.1 Å². The molecule has 7 nitrogen and oxygen atoms in total. The number of benzene rings is 1. The maximum atomic E-state index is 12.3. The molecule has 1 aromatic carbocycles.